The molecule has 0 aliphatic carbocycles. The third-order valence-corrected chi connectivity index (χ3v) is 7.73. The van der Waals surface area contributed by atoms with E-state index in [4.69, 9.17) is 11.6 Å². The summed E-state index contributed by atoms with van der Waals surface area (Å²) < 4.78 is 37.4. The lowest BCUT2D eigenvalue weighted by atomic mass is 10.0. The molecule has 2 saturated heterocycles. The number of piperidine rings is 1. The molecule has 2 heterocycles. The van der Waals surface area contributed by atoms with Crippen LogP contribution in [-0.2, 0) is 4.79 Å². The first-order valence-electron chi connectivity index (χ1n) is 12.4. The molecule has 36 heavy (non-hydrogen) atoms. The van der Waals surface area contributed by atoms with Gasteiger partial charge in [-0.3, -0.25) is 9.69 Å². The average molecular weight is 541 g/mol. The van der Waals surface area contributed by atoms with Gasteiger partial charge in [-0.2, -0.15) is 13.2 Å². The van der Waals surface area contributed by atoms with E-state index >= 15 is 0 Å². The second-order valence-electron chi connectivity index (χ2n) is 9.28. The zero-order valence-corrected chi connectivity index (χ0v) is 21.7. The first kappa shape index (κ1) is 26.9. The molecule has 2 aliphatic rings. The number of hydrogen-bond acceptors (Lipinski definition) is 5. The minimum absolute atomic E-state index is 0.107. The van der Waals surface area contributed by atoms with E-state index in [1.165, 1.54) is 17.8 Å². The van der Waals surface area contributed by atoms with Crippen LogP contribution in [0.15, 0.2) is 53.4 Å². The lowest BCUT2D eigenvalue weighted by molar-refractivity contribution is -0.132. The number of hydrogen-bond donors (Lipinski definition) is 1. The van der Waals surface area contributed by atoms with Crippen LogP contribution in [0.2, 0.25) is 5.02 Å². The minimum atomic E-state index is -4.28. The van der Waals surface area contributed by atoms with Gasteiger partial charge in [0.05, 0.1) is 0 Å². The maximum Gasteiger partial charge on any atom is 0.446 e. The molecule has 0 saturated carbocycles. The van der Waals surface area contributed by atoms with Crippen molar-refractivity contribution in [1.29, 1.82) is 0 Å². The van der Waals surface area contributed by atoms with E-state index in [1.54, 1.807) is 12.1 Å². The molecule has 0 radical (unpaired) electrons. The molecule has 2 aromatic carbocycles. The van der Waals surface area contributed by atoms with Gasteiger partial charge in [-0.25, -0.2) is 0 Å². The van der Waals surface area contributed by atoms with Gasteiger partial charge in [0.1, 0.15) is 0 Å². The van der Waals surface area contributed by atoms with Crippen molar-refractivity contribution in [2.45, 2.75) is 42.1 Å². The van der Waals surface area contributed by atoms with Gasteiger partial charge in [0.25, 0.3) is 0 Å². The van der Waals surface area contributed by atoms with Crippen molar-refractivity contribution < 1.29 is 18.0 Å². The van der Waals surface area contributed by atoms with E-state index in [-0.39, 0.29) is 28.6 Å². The molecule has 1 amide bonds. The van der Waals surface area contributed by atoms with Crippen LogP contribution in [0.5, 0.6) is 0 Å². The number of nitrogens with one attached hydrogen (secondary N) is 1. The van der Waals surface area contributed by atoms with E-state index in [0.29, 0.717) is 19.5 Å². The van der Waals surface area contributed by atoms with E-state index in [0.717, 1.165) is 62.7 Å². The molecule has 2 fully saturated rings. The average Bonchev–Trinajstić information content (AvgIpc) is 2.86. The summed E-state index contributed by atoms with van der Waals surface area (Å²) in [5.74, 6) is 0.210. The second-order valence-corrected chi connectivity index (χ2v) is 10.9. The summed E-state index contributed by atoms with van der Waals surface area (Å²) in [6.45, 7) is 6.27. The molecular formula is C26H32ClF3N4OS. The Bertz CT molecular complexity index is 974. The number of amides is 1. The molecule has 0 unspecified atom stereocenters. The van der Waals surface area contributed by atoms with Gasteiger partial charge in [0.15, 0.2) is 0 Å². The Morgan fingerprint density at radius 1 is 0.944 bits per heavy atom. The van der Waals surface area contributed by atoms with E-state index in [2.05, 4.69) is 27.2 Å². The number of carbonyl (C=O) groups excluding carboxylic acids is 1. The third kappa shape index (κ3) is 8.21. The Kier molecular flexibility index (Phi) is 9.30. The van der Waals surface area contributed by atoms with E-state index in [9.17, 15) is 18.0 Å². The first-order valence-corrected chi connectivity index (χ1v) is 13.6. The molecule has 1 N–H and O–H groups in total. The van der Waals surface area contributed by atoms with Gasteiger partial charge in [-0.05, 0) is 86.1 Å². The van der Waals surface area contributed by atoms with Gasteiger partial charge in [-0.15, -0.1) is 0 Å². The number of halogens is 4. The van der Waals surface area contributed by atoms with Crippen molar-refractivity contribution >= 4 is 40.6 Å². The van der Waals surface area contributed by atoms with Crippen LogP contribution >= 0.6 is 23.4 Å². The Hall–Kier alpha value is -2.10. The number of benzene rings is 2. The number of anilines is 2. The zero-order valence-electron chi connectivity index (χ0n) is 20.1. The van der Waals surface area contributed by atoms with Gasteiger partial charge in [0, 0.05) is 73.0 Å². The van der Waals surface area contributed by atoms with Crippen LogP contribution in [0.25, 0.3) is 0 Å². The van der Waals surface area contributed by atoms with Gasteiger partial charge < -0.3 is 15.1 Å². The van der Waals surface area contributed by atoms with Crippen molar-refractivity contribution in [3.63, 3.8) is 0 Å². The summed E-state index contributed by atoms with van der Waals surface area (Å²) in [4.78, 5) is 19.6. The molecule has 2 aliphatic heterocycles. The Labute approximate surface area is 219 Å². The van der Waals surface area contributed by atoms with Gasteiger partial charge in [0.2, 0.25) is 5.91 Å². The second kappa shape index (κ2) is 12.4. The highest BCUT2D eigenvalue weighted by Crippen LogP contribution is 2.37. The monoisotopic (exact) mass is 540 g/mol. The van der Waals surface area contributed by atoms with Crippen LogP contribution < -0.4 is 10.2 Å². The highest BCUT2D eigenvalue weighted by atomic mass is 35.5. The maximum absolute atomic E-state index is 12.7. The van der Waals surface area contributed by atoms with E-state index in [1.807, 2.05) is 17.0 Å². The maximum atomic E-state index is 12.7. The number of thioether (sulfide) groups is 1. The lowest BCUT2D eigenvalue weighted by Crippen LogP contribution is -2.47. The fourth-order valence-corrected chi connectivity index (χ4v) is 5.42. The van der Waals surface area contributed by atoms with Crippen LogP contribution in [0.3, 0.4) is 0 Å². The van der Waals surface area contributed by atoms with Crippen molar-refractivity contribution in [3.8, 4) is 0 Å². The molecule has 0 atom stereocenters. The Morgan fingerprint density at radius 3 is 2.19 bits per heavy atom. The molecule has 5 nitrogen and oxygen atoms in total. The Balaban J connectivity index is 1.11. The first-order chi connectivity index (χ1) is 17.2. The van der Waals surface area contributed by atoms with Crippen molar-refractivity contribution in [1.82, 2.24) is 9.80 Å². The van der Waals surface area contributed by atoms with E-state index < -0.39 is 5.51 Å². The minimum Gasteiger partial charge on any atom is -0.382 e. The summed E-state index contributed by atoms with van der Waals surface area (Å²) in [5.41, 5.74) is -2.27. The molecule has 0 aromatic heterocycles. The summed E-state index contributed by atoms with van der Waals surface area (Å²) in [6.07, 6.45) is 3.09. The Morgan fingerprint density at radius 2 is 1.58 bits per heavy atom. The third-order valence-electron chi connectivity index (χ3n) is 6.74. The standard InChI is InChI=1S/C26H32ClF3N4OS/c27-20-3-7-23(8-4-20)33-18-16-32(17-19-33)13-1-2-25(35)34-14-11-22(12-15-34)31-21-5-9-24(10-6-21)36-26(28,29)30/h3-10,22,31H,1-2,11-19H2. The molecule has 196 valence electrons. The zero-order chi connectivity index (χ0) is 25.5. The summed E-state index contributed by atoms with van der Waals surface area (Å²) in [7, 11) is 0. The van der Waals surface area contributed by atoms with Gasteiger partial charge >= 0.3 is 5.51 Å². The number of piperazine rings is 1. The number of likely N-dealkylation sites (tertiary alicyclic amines) is 1. The number of alkyl halides is 3. The van der Waals surface area contributed by atoms with Crippen molar-refractivity contribution in [3.05, 3.63) is 53.6 Å². The van der Waals surface area contributed by atoms with Crippen LogP contribution in [-0.4, -0.2) is 73.1 Å². The molecule has 10 heteroatoms. The summed E-state index contributed by atoms with van der Waals surface area (Å²) in [5, 5.41) is 4.14. The molecular weight excluding hydrogens is 509 g/mol. The smallest absolute Gasteiger partial charge is 0.382 e. The fraction of sp³-hybridized carbons (Fsp3) is 0.500. The molecule has 2 aromatic rings. The largest absolute Gasteiger partial charge is 0.446 e. The quantitative estimate of drug-likeness (QED) is 0.418. The predicted molar refractivity (Wildman–Crippen MR) is 141 cm³/mol. The summed E-state index contributed by atoms with van der Waals surface area (Å²) >= 11 is 5.88. The number of nitrogens with zero attached hydrogens (tertiary/aromatic N) is 3. The molecule has 0 spiro atoms. The summed E-state index contributed by atoms with van der Waals surface area (Å²) in [6, 6.07) is 14.5. The normalized spacial score (nSPS) is 17.9. The SMILES string of the molecule is O=C(CCCN1CCN(c2ccc(Cl)cc2)CC1)N1CCC(Nc2ccc(SC(F)(F)F)cc2)CC1. The highest BCUT2D eigenvalue weighted by molar-refractivity contribution is 8.00. The lowest BCUT2D eigenvalue weighted by Gasteiger charge is -2.36. The molecule has 4 rings (SSSR count). The fourth-order valence-electron chi connectivity index (χ4n) is 4.76. The van der Waals surface area contributed by atoms with Crippen molar-refractivity contribution in [2.24, 2.45) is 0 Å². The predicted octanol–water partition coefficient (Wildman–Crippen LogP) is 5.96. The number of rotatable bonds is 8. The topological polar surface area (TPSA) is 38.8 Å². The highest BCUT2D eigenvalue weighted by Gasteiger charge is 2.29. The van der Waals surface area contributed by atoms with Crippen LogP contribution in [0, 0.1) is 0 Å². The van der Waals surface area contributed by atoms with Crippen LogP contribution in [0.4, 0.5) is 24.5 Å². The van der Waals surface area contributed by atoms with Crippen molar-refractivity contribution in [2.75, 3.05) is 56.0 Å². The molecule has 0 bridgehead atoms. The van der Waals surface area contributed by atoms with Crippen LogP contribution in [0.1, 0.15) is 25.7 Å². The van der Waals surface area contributed by atoms with Gasteiger partial charge in [-0.1, -0.05) is 11.6 Å². The number of carbonyl (C=O) groups is 1.